The third kappa shape index (κ3) is 4.67. The van der Waals surface area contributed by atoms with E-state index in [-0.39, 0.29) is 51.5 Å². The quantitative estimate of drug-likeness (QED) is 0.287. The van der Waals surface area contributed by atoms with Crippen LogP contribution in [0.5, 0.6) is 0 Å². The van der Waals surface area contributed by atoms with Crippen LogP contribution in [0.1, 0.15) is 107 Å². The summed E-state index contributed by atoms with van der Waals surface area (Å²) in [5, 5.41) is 33.5. The summed E-state index contributed by atoms with van der Waals surface area (Å²) in [5.74, 6) is 0.754. The average molecular weight is 577 g/mol. The predicted octanol–water partition coefficient (Wildman–Crippen LogP) is 5.39. The maximum atomic E-state index is 12.1. The highest BCUT2D eigenvalue weighted by Crippen LogP contribution is 2.73. The van der Waals surface area contributed by atoms with Gasteiger partial charge < -0.3 is 29.5 Å². The number of carbonyl (C=O) groups is 1. The van der Waals surface area contributed by atoms with Gasteiger partial charge in [-0.25, -0.2) is 0 Å². The van der Waals surface area contributed by atoms with Crippen LogP contribution >= 0.6 is 0 Å². The maximum Gasteiger partial charge on any atom is 0.302 e. The first kappa shape index (κ1) is 31.4. The van der Waals surface area contributed by atoms with E-state index >= 15 is 0 Å². The van der Waals surface area contributed by atoms with Crippen molar-refractivity contribution in [3.05, 3.63) is 11.6 Å². The van der Waals surface area contributed by atoms with Crippen LogP contribution in [0.25, 0.3) is 0 Å². The second-order valence-electron chi connectivity index (χ2n) is 16.0. The molecule has 12 atom stereocenters. The molecule has 3 saturated carbocycles. The van der Waals surface area contributed by atoms with E-state index in [1.165, 1.54) is 12.5 Å². The molecule has 0 aromatic heterocycles. The number of hydrogen-bond donors (Lipinski definition) is 3. The van der Waals surface area contributed by atoms with Crippen molar-refractivity contribution in [2.75, 3.05) is 6.61 Å². The van der Waals surface area contributed by atoms with Gasteiger partial charge in [0.05, 0.1) is 17.8 Å². The first-order valence-corrected chi connectivity index (χ1v) is 16.2. The van der Waals surface area contributed by atoms with Crippen molar-refractivity contribution < 1.29 is 34.3 Å². The van der Waals surface area contributed by atoms with Crippen molar-refractivity contribution in [2.45, 2.75) is 144 Å². The lowest BCUT2D eigenvalue weighted by Gasteiger charge is -2.68. The average Bonchev–Trinajstić information content (AvgIpc) is 3.43. The molecule has 0 amide bonds. The summed E-state index contributed by atoms with van der Waals surface area (Å²) in [6.45, 7) is 18.9. The molecule has 0 aromatic carbocycles. The monoisotopic (exact) mass is 576 g/mol. The van der Waals surface area contributed by atoms with E-state index in [0.29, 0.717) is 25.4 Å². The zero-order valence-corrected chi connectivity index (χ0v) is 26.9. The molecule has 4 aliphatic carbocycles. The molecule has 7 heteroatoms. The number of fused-ring (bicyclic) bond motifs is 5. The minimum Gasteiger partial charge on any atom is -0.462 e. The molecule has 0 spiro atoms. The van der Waals surface area contributed by atoms with E-state index in [0.717, 1.165) is 32.1 Å². The Morgan fingerprint density at radius 2 is 1.80 bits per heavy atom. The molecule has 7 nitrogen and oxygen atoms in total. The van der Waals surface area contributed by atoms with Crippen molar-refractivity contribution in [3.63, 3.8) is 0 Å². The summed E-state index contributed by atoms with van der Waals surface area (Å²) in [6, 6.07) is 0. The van der Waals surface area contributed by atoms with Crippen LogP contribution in [0.3, 0.4) is 0 Å². The smallest absolute Gasteiger partial charge is 0.302 e. The Labute approximate surface area is 247 Å². The number of esters is 1. The Balaban J connectivity index is 1.44. The number of hydrogen-bond acceptors (Lipinski definition) is 7. The molecule has 0 aromatic rings. The van der Waals surface area contributed by atoms with Crippen LogP contribution in [0.2, 0.25) is 0 Å². The number of ether oxygens (including phenoxy) is 3. The van der Waals surface area contributed by atoms with Crippen LogP contribution < -0.4 is 0 Å². The number of carbonyl (C=O) groups excluding carboxylic acids is 1. The molecule has 3 N–H and O–H groups in total. The van der Waals surface area contributed by atoms with Crippen LogP contribution in [-0.2, 0) is 19.0 Å². The molecule has 5 rings (SSSR count). The minimum atomic E-state index is -1.26. The molecule has 5 aliphatic rings. The van der Waals surface area contributed by atoms with E-state index in [2.05, 4.69) is 40.7 Å². The molecule has 1 heterocycles. The molecule has 0 unspecified atom stereocenters. The largest absolute Gasteiger partial charge is 0.462 e. The van der Waals surface area contributed by atoms with Crippen LogP contribution in [0, 0.1) is 45.3 Å². The highest BCUT2D eigenvalue weighted by atomic mass is 16.7. The van der Waals surface area contributed by atoms with Crippen molar-refractivity contribution in [1.82, 2.24) is 0 Å². The molecule has 1 aliphatic heterocycles. The number of rotatable bonds is 6. The molecule has 4 fully saturated rings. The van der Waals surface area contributed by atoms with Gasteiger partial charge in [-0.1, -0.05) is 46.3 Å². The van der Waals surface area contributed by atoms with E-state index in [1.54, 1.807) is 13.8 Å². The molecule has 1 saturated heterocycles. The van der Waals surface area contributed by atoms with Gasteiger partial charge in [-0.3, -0.25) is 4.79 Å². The topological polar surface area (TPSA) is 105 Å². The van der Waals surface area contributed by atoms with Crippen LogP contribution in [0.4, 0.5) is 0 Å². The standard InChI is InChI=1S/C34H56O7/c1-10-39-29-20(17-22(41-29)28(37)31(5,6)38)21-11-12-23-32(21,7)15-13-24-33(8)16-14-27(40-19(2)35)30(3,4)25(33)18-26(36)34(23,24)9/h12,20-22,24-29,36-38H,10-11,13-18H2,1-9H3/t20-,21+,22+,24+,25-,26+,27+,28-,29+,32-,33+,34-/m0/s1. The zero-order valence-electron chi connectivity index (χ0n) is 26.9. The summed E-state index contributed by atoms with van der Waals surface area (Å²) in [5.41, 5.74) is -0.454. The Morgan fingerprint density at radius 1 is 1.12 bits per heavy atom. The highest BCUT2D eigenvalue weighted by molar-refractivity contribution is 5.66. The second-order valence-corrected chi connectivity index (χ2v) is 16.0. The van der Waals surface area contributed by atoms with Gasteiger partial charge in [0, 0.05) is 30.3 Å². The lowest BCUT2D eigenvalue weighted by molar-refractivity contribution is -0.221. The third-order valence-electron chi connectivity index (χ3n) is 13.1. The molecule has 234 valence electrons. The zero-order chi connectivity index (χ0) is 30.3. The maximum absolute atomic E-state index is 12.1. The van der Waals surface area contributed by atoms with E-state index in [4.69, 9.17) is 14.2 Å². The fourth-order valence-electron chi connectivity index (χ4n) is 11.1. The Hall–Kier alpha value is -0.990. The number of aliphatic hydroxyl groups is 3. The summed E-state index contributed by atoms with van der Waals surface area (Å²) < 4.78 is 18.3. The molecular weight excluding hydrogens is 520 g/mol. The molecular formula is C34H56O7. The lowest BCUT2D eigenvalue weighted by atomic mass is 9.37. The first-order chi connectivity index (χ1) is 18.9. The van der Waals surface area contributed by atoms with E-state index < -0.39 is 30.2 Å². The van der Waals surface area contributed by atoms with Gasteiger partial charge in [0.15, 0.2) is 6.29 Å². The van der Waals surface area contributed by atoms with Crippen molar-refractivity contribution >= 4 is 5.97 Å². The Bertz CT molecular complexity index is 1050. The Kier molecular flexibility index (Phi) is 7.89. The van der Waals surface area contributed by atoms with Crippen molar-refractivity contribution in [1.29, 1.82) is 0 Å². The summed E-state index contributed by atoms with van der Waals surface area (Å²) in [6.07, 6.45) is 6.15. The summed E-state index contributed by atoms with van der Waals surface area (Å²) >= 11 is 0. The van der Waals surface area contributed by atoms with Gasteiger partial charge in [-0.05, 0) is 94.3 Å². The van der Waals surface area contributed by atoms with Crippen molar-refractivity contribution in [3.8, 4) is 0 Å². The van der Waals surface area contributed by atoms with Gasteiger partial charge in [0.1, 0.15) is 12.2 Å². The number of allylic oxidation sites excluding steroid dienone is 1. The second kappa shape index (κ2) is 10.3. The van der Waals surface area contributed by atoms with Crippen molar-refractivity contribution in [2.24, 2.45) is 45.3 Å². The van der Waals surface area contributed by atoms with Gasteiger partial charge in [0.2, 0.25) is 0 Å². The fraction of sp³-hybridized carbons (Fsp3) is 0.912. The molecule has 0 bridgehead atoms. The normalized spacial score (nSPS) is 48.0. The van der Waals surface area contributed by atoms with Gasteiger partial charge in [0.25, 0.3) is 0 Å². The van der Waals surface area contributed by atoms with Crippen LogP contribution in [-0.4, -0.2) is 64.2 Å². The molecule has 0 radical (unpaired) electrons. The molecule has 41 heavy (non-hydrogen) atoms. The fourth-order valence-corrected chi connectivity index (χ4v) is 11.1. The lowest BCUT2D eigenvalue weighted by Crippen LogP contribution is -2.65. The predicted molar refractivity (Wildman–Crippen MR) is 157 cm³/mol. The number of aliphatic hydroxyl groups excluding tert-OH is 2. The minimum absolute atomic E-state index is 0.0423. The van der Waals surface area contributed by atoms with E-state index in [1.807, 2.05) is 6.92 Å². The highest BCUT2D eigenvalue weighted by Gasteiger charge is 2.69. The van der Waals surface area contributed by atoms with Gasteiger partial charge in [-0.2, -0.15) is 0 Å². The van der Waals surface area contributed by atoms with Gasteiger partial charge >= 0.3 is 5.97 Å². The first-order valence-electron chi connectivity index (χ1n) is 16.2. The van der Waals surface area contributed by atoms with Crippen LogP contribution in [0.15, 0.2) is 11.6 Å². The summed E-state index contributed by atoms with van der Waals surface area (Å²) in [7, 11) is 0. The Morgan fingerprint density at radius 3 is 2.41 bits per heavy atom. The summed E-state index contributed by atoms with van der Waals surface area (Å²) in [4.78, 5) is 11.9. The third-order valence-corrected chi connectivity index (χ3v) is 13.1. The SMILES string of the molecule is CCO[C@@H]1O[C@@H]([C@H](O)C(C)(C)O)C[C@H]1[C@H]1CC=C2[C@]3(C)[C@H](O)C[C@H]4C(C)(C)[C@H](OC(C)=O)CC[C@]4(C)[C@H]3CC[C@]21C. The van der Waals surface area contributed by atoms with E-state index in [9.17, 15) is 20.1 Å². The van der Waals surface area contributed by atoms with Gasteiger partial charge in [-0.15, -0.1) is 0 Å².